The molecule has 6 nitrogen and oxygen atoms in total. The zero-order valence-electron chi connectivity index (χ0n) is 17.3. The first-order valence-electron chi connectivity index (χ1n) is 10.2. The van der Waals surface area contributed by atoms with Crippen LogP contribution in [0.4, 0.5) is 5.69 Å². The fraction of sp³-hybridized carbons (Fsp3) is 0.667. The first-order valence-corrected chi connectivity index (χ1v) is 10.2. The Hall–Kier alpha value is -1.95. The van der Waals surface area contributed by atoms with Gasteiger partial charge in [0.05, 0.1) is 19.3 Å². The number of hydrogen-bond donors (Lipinski definition) is 3. The first-order chi connectivity index (χ1) is 13.0. The number of nitrogens with zero attached hydrogens (tertiary/aromatic N) is 2. The maximum atomic E-state index is 10.5. The van der Waals surface area contributed by atoms with E-state index >= 15 is 0 Å². The highest BCUT2D eigenvalue weighted by Gasteiger charge is 2.24. The summed E-state index contributed by atoms with van der Waals surface area (Å²) in [5.74, 6) is 1.67. The molecule has 0 bridgehead atoms. The van der Waals surface area contributed by atoms with Gasteiger partial charge < -0.3 is 25.4 Å². The molecule has 1 atom stereocenters. The Morgan fingerprint density at radius 1 is 1.33 bits per heavy atom. The lowest BCUT2D eigenvalue weighted by molar-refractivity contribution is 0.0417. The minimum atomic E-state index is -0.721. The van der Waals surface area contributed by atoms with Crippen LogP contribution in [-0.4, -0.2) is 56.0 Å². The summed E-state index contributed by atoms with van der Waals surface area (Å²) >= 11 is 0. The molecule has 1 aromatic rings. The number of guanidine groups is 1. The van der Waals surface area contributed by atoms with Crippen molar-refractivity contribution in [2.45, 2.75) is 58.1 Å². The van der Waals surface area contributed by atoms with Crippen LogP contribution in [0.15, 0.2) is 29.3 Å². The Kier molecular flexibility index (Phi) is 8.23. The van der Waals surface area contributed by atoms with Crippen molar-refractivity contribution in [1.29, 1.82) is 0 Å². The highest BCUT2D eigenvalue weighted by atomic mass is 16.5. The molecule has 0 spiro atoms. The van der Waals surface area contributed by atoms with Gasteiger partial charge in [-0.3, -0.25) is 4.99 Å². The van der Waals surface area contributed by atoms with E-state index < -0.39 is 5.60 Å². The van der Waals surface area contributed by atoms with Gasteiger partial charge in [-0.15, -0.1) is 0 Å². The molecule has 1 fully saturated rings. The average Bonchev–Trinajstić information content (AvgIpc) is 2.72. The molecule has 0 saturated carbocycles. The van der Waals surface area contributed by atoms with Crippen LogP contribution in [0.25, 0.3) is 0 Å². The van der Waals surface area contributed by atoms with Gasteiger partial charge in [-0.05, 0) is 44.7 Å². The second-order valence-electron chi connectivity index (χ2n) is 7.26. The lowest BCUT2D eigenvalue weighted by Crippen LogP contribution is -2.51. The van der Waals surface area contributed by atoms with Gasteiger partial charge in [0.2, 0.25) is 0 Å². The van der Waals surface area contributed by atoms with Gasteiger partial charge in [-0.2, -0.15) is 0 Å². The van der Waals surface area contributed by atoms with E-state index in [0.717, 1.165) is 44.2 Å². The maximum Gasteiger partial charge on any atom is 0.191 e. The Bertz CT molecular complexity index is 602. The molecule has 3 N–H and O–H groups in total. The number of aliphatic hydroxyl groups is 1. The summed E-state index contributed by atoms with van der Waals surface area (Å²) in [6.45, 7) is 9.26. The molecule has 1 aliphatic heterocycles. The lowest BCUT2D eigenvalue weighted by atomic mass is 9.98. The van der Waals surface area contributed by atoms with Crippen LogP contribution < -0.4 is 20.3 Å². The molecule has 152 valence electrons. The molecular weight excluding hydrogens is 340 g/mol. The summed E-state index contributed by atoms with van der Waals surface area (Å²) in [6.07, 6.45) is 3.65. The van der Waals surface area contributed by atoms with Crippen LogP contribution in [0.3, 0.4) is 0 Å². The highest BCUT2D eigenvalue weighted by molar-refractivity contribution is 5.80. The van der Waals surface area contributed by atoms with E-state index in [9.17, 15) is 5.11 Å². The monoisotopic (exact) mass is 376 g/mol. The van der Waals surface area contributed by atoms with E-state index in [2.05, 4.69) is 39.6 Å². The third-order valence-electron chi connectivity index (χ3n) is 5.37. The topological polar surface area (TPSA) is 69.1 Å². The number of piperidine rings is 1. The van der Waals surface area contributed by atoms with Crippen molar-refractivity contribution in [2.75, 3.05) is 38.2 Å². The van der Waals surface area contributed by atoms with E-state index in [1.165, 1.54) is 5.69 Å². The van der Waals surface area contributed by atoms with E-state index in [1.54, 1.807) is 7.11 Å². The quantitative estimate of drug-likeness (QED) is 0.481. The van der Waals surface area contributed by atoms with Gasteiger partial charge in [0.15, 0.2) is 5.96 Å². The van der Waals surface area contributed by atoms with Crippen LogP contribution in [0.1, 0.15) is 46.5 Å². The standard InChI is InChI=1S/C21H36N4O2/c1-5-21(26,6-2)16-23-20(22-7-3)24-17-10-9-13-25(15-17)18-11-8-12-19(14-18)27-4/h8,11-12,14,17,26H,5-7,9-10,13,15-16H2,1-4H3,(H2,22,23,24). The van der Waals surface area contributed by atoms with Crippen molar-refractivity contribution in [3.63, 3.8) is 0 Å². The van der Waals surface area contributed by atoms with E-state index in [1.807, 2.05) is 26.0 Å². The summed E-state index contributed by atoms with van der Waals surface area (Å²) in [5.41, 5.74) is 0.468. The van der Waals surface area contributed by atoms with E-state index in [4.69, 9.17) is 4.74 Å². The predicted octanol–water partition coefficient (Wildman–Crippen LogP) is 2.77. The third-order valence-corrected chi connectivity index (χ3v) is 5.37. The molecule has 1 aromatic carbocycles. The SMILES string of the molecule is CCNC(=NCC(O)(CC)CC)NC1CCCN(c2cccc(OC)c2)C1. The van der Waals surface area contributed by atoms with Crippen molar-refractivity contribution in [1.82, 2.24) is 10.6 Å². The number of aliphatic imine (C=N–C) groups is 1. The van der Waals surface area contributed by atoms with Gasteiger partial charge in [0, 0.05) is 37.4 Å². The molecule has 1 aliphatic rings. The minimum absolute atomic E-state index is 0.319. The van der Waals surface area contributed by atoms with Crippen LogP contribution in [-0.2, 0) is 0 Å². The molecule has 0 aromatic heterocycles. The summed E-state index contributed by atoms with van der Waals surface area (Å²) in [5, 5.41) is 17.4. The second kappa shape index (κ2) is 10.4. The van der Waals surface area contributed by atoms with Crippen LogP contribution in [0, 0.1) is 0 Å². The third kappa shape index (κ3) is 6.31. The normalized spacial score (nSPS) is 18.3. The fourth-order valence-corrected chi connectivity index (χ4v) is 3.35. The Morgan fingerprint density at radius 2 is 2.11 bits per heavy atom. The Morgan fingerprint density at radius 3 is 2.78 bits per heavy atom. The number of ether oxygens (including phenoxy) is 1. The zero-order chi connectivity index (χ0) is 19.7. The molecule has 2 rings (SSSR count). The molecule has 6 heteroatoms. The largest absolute Gasteiger partial charge is 0.497 e. The number of benzene rings is 1. The van der Waals surface area contributed by atoms with E-state index in [0.29, 0.717) is 25.4 Å². The first kappa shape index (κ1) is 21.4. The van der Waals surface area contributed by atoms with Gasteiger partial charge in [-0.1, -0.05) is 19.9 Å². The molecule has 0 radical (unpaired) electrons. The number of methoxy groups -OCH3 is 1. The lowest BCUT2D eigenvalue weighted by Gasteiger charge is -2.35. The van der Waals surface area contributed by atoms with Gasteiger partial charge >= 0.3 is 0 Å². The molecule has 1 unspecified atom stereocenters. The highest BCUT2D eigenvalue weighted by Crippen LogP contribution is 2.24. The van der Waals surface area contributed by atoms with Crippen LogP contribution in [0.5, 0.6) is 5.75 Å². The Labute approximate surface area is 164 Å². The summed E-state index contributed by atoms with van der Waals surface area (Å²) in [7, 11) is 1.70. The fourth-order valence-electron chi connectivity index (χ4n) is 3.35. The van der Waals surface area contributed by atoms with Crippen molar-refractivity contribution in [3.8, 4) is 5.75 Å². The molecule has 1 heterocycles. The van der Waals surface area contributed by atoms with Crippen molar-refractivity contribution in [2.24, 2.45) is 4.99 Å². The maximum absolute atomic E-state index is 10.5. The second-order valence-corrected chi connectivity index (χ2v) is 7.26. The Balaban J connectivity index is 2.02. The molecule has 1 saturated heterocycles. The van der Waals surface area contributed by atoms with Crippen LogP contribution in [0.2, 0.25) is 0 Å². The van der Waals surface area contributed by atoms with Crippen molar-refractivity contribution < 1.29 is 9.84 Å². The summed E-state index contributed by atoms with van der Waals surface area (Å²) < 4.78 is 5.36. The average molecular weight is 377 g/mol. The van der Waals surface area contributed by atoms with Crippen molar-refractivity contribution in [3.05, 3.63) is 24.3 Å². The van der Waals surface area contributed by atoms with Gasteiger partial charge in [0.1, 0.15) is 5.75 Å². The van der Waals surface area contributed by atoms with Gasteiger partial charge in [0.25, 0.3) is 0 Å². The molecule has 0 aliphatic carbocycles. The number of rotatable bonds is 8. The van der Waals surface area contributed by atoms with E-state index in [-0.39, 0.29) is 0 Å². The summed E-state index contributed by atoms with van der Waals surface area (Å²) in [6, 6.07) is 8.55. The van der Waals surface area contributed by atoms with Crippen molar-refractivity contribution >= 4 is 11.6 Å². The molecular formula is C21H36N4O2. The molecule has 27 heavy (non-hydrogen) atoms. The number of nitrogens with one attached hydrogen (secondary N) is 2. The smallest absolute Gasteiger partial charge is 0.191 e. The van der Waals surface area contributed by atoms with Crippen LogP contribution >= 0.6 is 0 Å². The molecule has 0 amide bonds. The summed E-state index contributed by atoms with van der Waals surface area (Å²) in [4.78, 5) is 7.04. The van der Waals surface area contributed by atoms with Gasteiger partial charge in [-0.25, -0.2) is 0 Å². The zero-order valence-corrected chi connectivity index (χ0v) is 17.3. The number of hydrogen-bond acceptors (Lipinski definition) is 4. The number of anilines is 1. The minimum Gasteiger partial charge on any atom is -0.497 e. The predicted molar refractivity (Wildman–Crippen MR) is 113 cm³/mol.